The van der Waals surface area contributed by atoms with Gasteiger partial charge in [0.2, 0.25) is 11.8 Å². The molecule has 2 aromatic rings. The summed E-state index contributed by atoms with van der Waals surface area (Å²) in [6.07, 6.45) is 6.31. The van der Waals surface area contributed by atoms with Crippen LogP contribution in [-0.4, -0.2) is 67.9 Å². The van der Waals surface area contributed by atoms with E-state index >= 15 is 0 Å². The molecule has 9 heteroatoms. The van der Waals surface area contributed by atoms with E-state index in [2.05, 4.69) is 10.6 Å². The second-order valence-corrected chi connectivity index (χ2v) is 12.8. The molecule has 44 heavy (non-hydrogen) atoms. The number of anilines is 1. The van der Waals surface area contributed by atoms with Gasteiger partial charge in [0.15, 0.2) is 0 Å². The number of rotatable bonds is 15. The molecule has 3 N–H and O–H groups in total. The van der Waals surface area contributed by atoms with Crippen LogP contribution in [0.5, 0.6) is 5.75 Å². The van der Waals surface area contributed by atoms with Gasteiger partial charge in [0, 0.05) is 62.4 Å². The quantitative estimate of drug-likeness (QED) is 0.261. The molecule has 9 nitrogen and oxygen atoms in total. The summed E-state index contributed by atoms with van der Waals surface area (Å²) in [6, 6.07) is 14.5. The fraction of sp³-hybridized carbons (Fsp3) is 0.571. The lowest BCUT2D eigenvalue weighted by Gasteiger charge is -2.28. The number of carbonyl (C=O) groups excluding carboxylic acids is 3. The third-order valence-electron chi connectivity index (χ3n) is 9.49. The minimum Gasteiger partial charge on any atom is -0.493 e. The molecule has 0 aromatic heterocycles. The molecule has 5 rings (SSSR count). The number of hydrogen-bond acceptors (Lipinski definition) is 6. The average Bonchev–Trinajstić information content (AvgIpc) is 3.77. The maximum Gasteiger partial charge on any atom is 0.251 e. The van der Waals surface area contributed by atoms with Gasteiger partial charge in [-0.05, 0) is 68.1 Å². The third kappa shape index (κ3) is 8.18. The Kier molecular flexibility index (Phi) is 10.9. The van der Waals surface area contributed by atoms with Crippen LogP contribution in [0.3, 0.4) is 0 Å². The number of nitrogens with one attached hydrogen (secondary N) is 2. The zero-order valence-electron chi connectivity index (χ0n) is 26.0. The molecule has 2 aromatic carbocycles. The van der Waals surface area contributed by atoms with Gasteiger partial charge in [0.25, 0.3) is 5.91 Å². The Morgan fingerprint density at radius 1 is 1.09 bits per heavy atom. The van der Waals surface area contributed by atoms with Crippen molar-refractivity contribution in [3.8, 4) is 5.75 Å². The highest BCUT2D eigenvalue weighted by atomic mass is 16.5. The largest absolute Gasteiger partial charge is 0.493 e. The molecule has 0 spiro atoms. The van der Waals surface area contributed by atoms with Gasteiger partial charge in [-0.25, -0.2) is 0 Å². The number of aliphatic hydroxyl groups excluding tert-OH is 1. The normalized spacial score (nSPS) is 22.9. The molecule has 238 valence electrons. The molecule has 3 amide bonds. The first-order chi connectivity index (χ1) is 21.3. The molecule has 6 atom stereocenters. The fourth-order valence-corrected chi connectivity index (χ4v) is 7.05. The molecule has 1 heterocycles. The van der Waals surface area contributed by atoms with Crippen LogP contribution in [0.4, 0.5) is 5.69 Å². The molecule has 0 radical (unpaired) electrons. The van der Waals surface area contributed by atoms with E-state index in [1.54, 1.807) is 30.2 Å². The highest BCUT2D eigenvalue weighted by Gasteiger charge is 2.40. The molecular formula is C35H47N3O6. The summed E-state index contributed by atoms with van der Waals surface area (Å²) < 4.78 is 11.1. The third-order valence-corrected chi connectivity index (χ3v) is 9.49. The van der Waals surface area contributed by atoms with Gasteiger partial charge in [-0.15, -0.1) is 0 Å². The maximum atomic E-state index is 13.8. The molecule has 3 fully saturated rings. The van der Waals surface area contributed by atoms with Crippen LogP contribution in [-0.2, 0) is 20.7 Å². The molecule has 2 aliphatic carbocycles. The predicted octanol–water partition coefficient (Wildman–Crippen LogP) is 4.26. The van der Waals surface area contributed by atoms with Crippen molar-refractivity contribution in [1.82, 2.24) is 10.6 Å². The standard InChI is InChI=1S/C35H47N3O6/c1-23(34(41)36-30-19-25-11-12-26(30)17-25)16-32(39)31(18-24-8-4-3-5-9-24)37-35(42)27-20-28(38-13-6-10-33(38)40)22-29(21-27)44-15-7-14-43-2/h3-5,8-9,20-23,25-26,30-32,39H,6-7,10-19H2,1-2H3,(H,36,41)(H,37,42)/t23-,25?,26?,30?,31+,32-/m1/s1. The van der Waals surface area contributed by atoms with E-state index in [0.717, 1.165) is 24.3 Å². The lowest BCUT2D eigenvalue weighted by molar-refractivity contribution is -0.126. The molecule has 3 unspecified atom stereocenters. The number of carbonyl (C=O) groups is 3. The maximum absolute atomic E-state index is 13.8. The van der Waals surface area contributed by atoms with Gasteiger partial charge in [-0.2, -0.15) is 0 Å². The number of aliphatic hydroxyl groups is 1. The van der Waals surface area contributed by atoms with Crippen molar-refractivity contribution in [3.63, 3.8) is 0 Å². The van der Waals surface area contributed by atoms with Crippen molar-refractivity contribution in [3.05, 3.63) is 59.7 Å². The highest BCUT2D eigenvalue weighted by molar-refractivity contribution is 5.99. The van der Waals surface area contributed by atoms with Crippen molar-refractivity contribution in [2.24, 2.45) is 17.8 Å². The van der Waals surface area contributed by atoms with Crippen molar-refractivity contribution >= 4 is 23.4 Å². The SMILES string of the molecule is COCCCOc1cc(C(=O)N[C@@H](Cc2ccccc2)[C@H](O)C[C@@H](C)C(=O)NC2CC3CCC2C3)cc(N2CCCC2=O)c1. The number of benzene rings is 2. The lowest BCUT2D eigenvalue weighted by Crippen LogP contribution is -2.47. The first kappa shape index (κ1) is 32.0. The minimum absolute atomic E-state index is 0.0166. The second kappa shape index (κ2) is 15.0. The summed E-state index contributed by atoms with van der Waals surface area (Å²) in [5.74, 6) is 0.999. The van der Waals surface area contributed by atoms with Crippen LogP contribution in [0, 0.1) is 17.8 Å². The summed E-state index contributed by atoms with van der Waals surface area (Å²) >= 11 is 0. The molecule has 1 aliphatic heterocycles. The Hall–Kier alpha value is -3.43. The van der Waals surface area contributed by atoms with Crippen molar-refractivity contribution in [1.29, 1.82) is 0 Å². The van der Waals surface area contributed by atoms with Crippen LogP contribution >= 0.6 is 0 Å². The van der Waals surface area contributed by atoms with E-state index in [1.165, 1.54) is 19.3 Å². The van der Waals surface area contributed by atoms with Gasteiger partial charge < -0.3 is 30.1 Å². The van der Waals surface area contributed by atoms with Gasteiger partial charge in [-0.3, -0.25) is 14.4 Å². The number of hydrogen-bond donors (Lipinski definition) is 3. The van der Waals surface area contributed by atoms with Gasteiger partial charge in [0.05, 0.1) is 18.8 Å². The fourth-order valence-electron chi connectivity index (χ4n) is 7.05. The average molecular weight is 606 g/mol. The minimum atomic E-state index is -0.951. The molecule has 3 aliphatic rings. The van der Waals surface area contributed by atoms with Crippen molar-refractivity contribution in [2.75, 3.05) is 31.8 Å². The smallest absolute Gasteiger partial charge is 0.251 e. The van der Waals surface area contributed by atoms with Crippen LogP contribution in [0.25, 0.3) is 0 Å². The van der Waals surface area contributed by atoms with Crippen LogP contribution < -0.4 is 20.3 Å². The summed E-state index contributed by atoms with van der Waals surface area (Å²) in [5.41, 5.74) is 1.93. The summed E-state index contributed by atoms with van der Waals surface area (Å²) in [4.78, 5) is 41.1. The Labute approximate surface area is 260 Å². The summed E-state index contributed by atoms with van der Waals surface area (Å²) in [6.45, 7) is 3.39. The topological polar surface area (TPSA) is 117 Å². The zero-order valence-corrected chi connectivity index (χ0v) is 26.0. The highest BCUT2D eigenvalue weighted by Crippen LogP contribution is 2.44. The number of methoxy groups -OCH3 is 1. The van der Waals surface area contributed by atoms with Crippen LogP contribution in [0.1, 0.15) is 74.2 Å². The summed E-state index contributed by atoms with van der Waals surface area (Å²) in [7, 11) is 1.63. The second-order valence-electron chi connectivity index (χ2n) is 12.8. The predicted molar refractivity (Wildman–Crippen MR) is 169 cm³/mol. The molecule has 1 saturated heterocycles. The van der Waals surface area contributed by atoms with E-state index in [-0.39, 0.29) is 30.2 Å². The number of nitrogens with zero attached hydrogens (tertiary/aromatic N) is 1. The Balaban J connectivity index is 1.30. The Morgan fingerprint density at radius 3 is 2.59 bits per heavy atom. The van der Waals surface area contributed by atoms with Crippen molar-refractivity contribution < 1.29 is 29.0 Å². The van der Waals surface area contributed by atoms with E-state index in [0.29, 0.717) is 61.9 Å². The first-order valence-corrected chi connectivity index (χ1v) is 16.2. The number of amides is 3. The molecule has 2 saturated carbocycles. The Bertz CT molecular complexity index is 1290. The van der Waals surface area contributed by atoms with E-state index < -0.39 is 18.1 Å². The molecular weight excluding hydrogens is 558 g/mol. The van der Waals surface area contributed by atoms with Gasteiger partial charge >= 0.3 is 0 Å². The first-order valence-electron chi connectivity index (χ1n) is 16.2. The van der Waals surface area contributed by atoms with E-state index in [1.807, 2.05) is 37.3 Å². The van der Waals surface area contributed by atoms with Gasteiger partial charge in [0.1, 0.15) is 5.75 Å². The summed E-state index contributed by atoms with van der Waals surface area (Å²) in [5, 5.41) is 17.8. The van der Waals surface area contributed by atoms with Gasteiger partial charge in [-0.1, -0.05) is 43.7 Å². The number of ether oxygens (including phenoxy) is 2. The zero-order chi connectivity index (χ0) is 31.1. The van der Waals surface area contributed by atoms with E-state index in [9.17, 15) is 19.5 Å². The van der Waals surface area contributed by atoms with E-state index in [4.69, 9.17) is 9.47 Å². The molecule has 2 bridgehead atoms. The van der Waals surface area contributed by atoms with Crippen molar-refractivity contribution in [2.45, 2.75) is 82.9 Å². The van der Waals surface area contributed by atoms with Crippen LogP contribution in [0.15, 0.2) is 48.5 Å². The van der Waals surface area contributed by atoms with Crippen LogP contribution in [0.2, 0.25) is 0 Å². The monoisotopic (exact) mass is 605 g/mol. The Morgan fingerprint density at radius 2 is 1.91 bits per heavy atom. The number of fused-ring (bicyclic) bond motifs is 2. The lowest BCUT2D eigenvalue weighted by atomic mass is 9.91.